The minimum atomic E-state index is -1.11. The van der Waals surface area contributed by atoms with Crippen LogP contribution in [0.5, 0.6) is 0 Å². The third kappa shape index (κ3) is 4.58. The van der Waals surface area contributed by atoms with Gasteiger partial charge >= 0.3 is 11.9 Å². The van der Waals surface area contributed by atoms with E-state index >= 15 is 0 Å². The number of hydrogen-bond donors (Lipinski definition) is 1. The highest BCUT2D eigenvalue weighted by Gasteiger charge is 2.44. The van der Waals surface area contributed by atoms with Gasteiger partial charge in [-0.15, -0.1) is 0 Å². The molecular formula is C22H24O6. The van der Waals surface area contributed by atoms with Gasteiger partial charge in [0.05, 0.1) is 17.2 Å². The van der Waals surface area contributed by atoms with Crippen molar-refractivity contribution in [2.45, 2.75) is 38.3 Å². The average Bonchev–Trinajstić information content (AvgIpc) is 2.73. The SMILES string of the molecule is CC1OC(COC(=O)c2ccccc2)C(O)C(OC(=O)c2ccccc2)C1C. The molecule has 0 radical (unpaired) electrons. The van der Waals surface area contributed by atoms with Crippen LogP contribution in [0.1, 0.15) is 34.6 Å². The second-order valence-corrected chi connectivity index (χ2v) is 6.93. The van der Waals surface area contributed by atoms with Gasteiger partial charge in [-0.2, -0.15) is 0 Å². The molecule has 0 amide bonds. The fraction of sp³-hybridized carbons (Fsp3) is 0.364. The lowest BCUT2D eigenvalue weighted by Gasteiger charge is -2.41. The molecule has 2 aromatic rings. The Hall–Kier alpha value is -2.70. The molecule has 148 valence electrons. The average molecular weight is 384 g/mol. The number of carbonyl (C=O) groups is 2. The predicted molar refractivity (Wildman–Crippen MR) is 102 cm³/mol. The molecule has 1 saturated heterocycles. The van der Waals surface area contributed by atoms with E-state index in [1.54, 1.807) is 54.6 Å². The van der Waals surface area contributed by atoms with Gasteiger partial charge in [0.2, 0.25) is 0 Å². The van der Waals surface area contributed by atoms with E-state index < -0.39 is 30.3 Å². The van der Waals surface area contributed by atoms with E-state index in [9.17, 15) is 14.7 Å². The van der Waals surface area contributed by atoms with Gasteiger partial charge in [-0.1, -0.05) is 43.3 Å². The van der Waals surface area contributed by atoms with Crippen LogP contribution in [0.2, 0.25) is 0 Å². The molecule has 5 unspecified atom stereocenters. The molecule has 1 N–H and O–H groups in total. The van der Waals surface area contributed by atoms with Crippen LogP contribution in [0.3, 0.4) is 0 Å². The van der Waals surface area contributed by atoms with Crippen LogP contribution in [0.4, 0.5) is 0 Å². The number of aliphatic hydroxyl groups excluding tert-OH is 1. The Kier molecular flexibility index (Phi) is 6.44. The Bertz CT molecular complexity index is 791. The topological polar surface area (TPSA) is 82.1 Å². The molecule has 1 aliphatic heterocycles. The molecular weight excluding hydrogens is 360 g/mol. The van der Waals surface area contributed by atoms with Gasteiger partial charge in [-0.05, 0) is 31.2 Å². The van der Waals surface area contributed by atoms with Gasteiger partial charge in [0.25, 0.3) is 0 Å². The minimum Gasteiger partial charge on any atom is -0.459 e. The molecule has 2 aromatic carbocycles. The number of hydrogen-bond acceptors (Lipinski definition) is 6. The van der Waals surface area contributed by atoms with Crippen LogP contribution in [0.25, 0.3) is 0 Å². The fourth-order valence-electron chi connectivity index (χ4n) is 3.17. The Morgan fingerprint density at radius 3 is 2.04 bits per heavy atom. The van der Waals surface area contributed by atoms with E-state index in [4.69, 9.17) is 14.2 Å². The molecule has 28 heavy (non-hydrogen) atoms. The van der Waals surface area contributed by atoms with Crippen LogP contribution >= 0.6 is 0 Å². The van der Waals surface area contributed by atoms with Crippen LogP contribution in [-0.2, 0) is 14.2 Å². The third-order valence-corrected chi connectivity index (χ3v) is 5.01. The molecule has 0 saturated carbocycles. The van der Waals surface area contributed by atoms with Crippen molar-refractivity contribution in [2.75, 3.05) is 6.61 Å². The van der Waals surface area contributed by atoms with Crippen LogP contribution in [0.15, 0.2) is 60.7 Å². The normalized spacial score (nSPS) is 27.0. The minimum absolute atomic E-state index is 0.134. The number of benzene rings is 2. The smallest absolute Gasteiger partial charge is 0.338 e. The Labute approximate surface area is 164 Å². The van der Waals surface area contributed by atoms with Gasteiger partial charge < -0.3 is 19.3 Å². The van der Waals surface area contributed by atoms with Crippen LogP contribution < -0.4 is 0 Å². The van der Waals surface area contributed by atoms with Crippen molar-refractivity contribution in [1.82, 2.24) is 0 Å². The number of esters is 2. The summed E-state index contributed by atoms with van der Waals surface area (Å²) in [6.45, 7) is 3.56. The summed E-state index contributed by atoms with van der Waals surface area (Å²) in [7, 11) is 0. The first-order valence-electron chi connectivity index (χ1n) is 9.29. The van der Waals surface area contributed by atoms with E-state index in [2.05, 4.69) is 0 Å². The van der Waals surface area contributed by atoms with Crippen molar-refractivity contribution >= 4 is 11.9 Å². The lowest BCUT2D eigenvalue weighted by atomic mass is 9.88. The monoisotopic (exact) mass is 384 g/mol. The van der Waals surface area contributed by atoms with Crippen molar-refractivity contribution in [3.05, 3.63) is 71.8 Å². The first-order valence-corrected chi connectivity index (χ1v) is 9.29. The summed E-state index contributed by atoms with van der Waals surface area (Å²) in [6, 6.07) is 17.2. The molecule has 1 fully saturated rings. The number of aliphatic hydroxyl groups is 1. The van der Waals surface area contributed by atoms with Crippen molar-refractivity contribution in [3.8, 4) is 0 Å². The summed E-state index contributed by atoms with van der Waals surface area (Å²) in [5, 5.41) is 10.7. The van der Waals surface area contributed by atoms with Crippen LogP contribution in [0, 0.1) is 5.92 Å². The zero-order valence-electron chi connectivity index (χ0n) is 15.9. The molecule has 6 nitrogen and oxygen atoms in total. The van der Waals surface area contributed by atoms with E-state index in [-0.39, 0.29) is 18.6 Å². The second-order valence-electron chi connectivity index (χ2n) is 6.93. The Morgan fingerprint density at radius 1 is 0.929 bits per heavy atom. The van der Waals surface area contributed by atoms with Crippen LogP contribution in [-0.4, -0.2) is 48.1 Å². The molecule has 1 aliphatic rings. The maximum absolute atomic E-state index is 12.4. The predicted octanol–water partition coefficient (Wildman–Crippen LogP) is 2.85. The zero-order valence-corrected chi connectivity index (χ0v) is 15.9. The highest BCUT2D eigenvalue weighted by Crippen LogP contribution is 2.29. The lowest BCUT2D eigenvalue weighted by molar-refractivity contribution is -0.200. The van der Waals surface area contributed by atoms with E-state index in [1.807, 2.05) is 19.9 Å². The summed E-state index contributed by atoms with van der Waals surface area (Å²) in [4.78, 5) is 24.5. The number of carbonyl (C=O) groups excluding carboxylic acids is 2. The summed E-state index contributed by atoms with van der Waals surface area (Å²) in [6.07, 6.45) is -2.94. The number of rotatable bonds is 5. The standard InChI is InChI=1S/C22H24O6/c1-14-15(2)27-18(13-26-21(24)16-9-5-3-6-10-16)19(23)20(14)28-22(25)17-11-7-4-8-12-17/h3-12,14-15,18-20,23H,13H2,1-2H3. The molecule has 0 aliphatic carbocycles. The van der Waals surface area contributed by atoms with Crippen molar-refractivity contribution in [2.24, 2.45) is 5.92 Å². The summed E-state index contributed by atoms with van der Waals surface area (Å²) >= 11 is 0. The van der Waals surface area contributed by atoms with Gasteiger partial charge in [0.1, 0.15) is 24.9 Å². The second kappa shape index (κ2) is 8.99. The first-order chi connectivity index (χ1) is 13.5. The van der Waals surface area contributed by atoms with E-state index in [0.717, 1.165) is 0 Å². The molecule has 3 rings (SSSR count). The largest absolute Gasteiger partial charge is 0.459 e. The maximum Gasteiger partial charge on any atom is 0.338 e. The van der Waals surface area contributed by atoms with E-state index in [1.165, 1.54) is 0 Å². The number of ether oxygens (including phenoxy) is 3. The third-order valence-electron chi connectivity index (χ3n) is 5.01. The molecule has 5 atom stereocenters. The quantitative estimate of drug-likeness (QED) is 0.799. The summed E-state index contributed by atoms with van der Waals surface area (Å²) in [5.41, 5.74) is 0.828. The molecule has 6 heteroatoms. The maximum atomic E-state index is 12.4. The molecule has 0 bridgehead atoms. The fourth-order valence-corrected chi connectivity index (χ4v) is 3.17. The molecule has 0 spiro atoms. The zero-order chi connectivity index (χ0) is 20.1. The molecule has 0 aromatic heterocycles. The Balaban J connectivity index is 1.65. The van der Waals surface area contributed by atoms with Gasteiger partial charge in [-0.25, -0.2) is 9.59 Å². The molecule has 1 heterocycles. The van der Waals surface area contributed by atoms with Gasteiger partial charge in [0.15, 0.2) is 0 Å². The van der Waals surface area contributed by atoms with Crippen molar-refractivity contribution in [1.29, 1.82) is 0 Å². The van der Waals surface area contributed by atoms with E-state index in [0.29, 0.717) is 11.1 Å². The Morgan fingerprint density at radius 2 is 1.46 bits per heavy atom. The highest BCUT2D eigenvalue weighted by atomic mass is 16.6. The van der Waals surface area contributed by atoms with Gasteiger partial charge in [-0.3, -0.25) is 0 Å². The highest BCUT2D eigenvalue weighted by molar-refractivity contribution is 5.89. The lowest BCUT2D eigenvalue weighted by Crippen LogP contribution is -2.55. The summed E-state index contributed by atoms with van der Waals surface area (Å²) in [5.74, 6) is -1.23. The summed E-state index contributed by atoms with van der Waals surface area (Å²) < 4.78 is 16.7. The van der Waals surface area contributed by atoms with Crippen molar-refractivity contribution < 1.29 is 28.9 Å². The van der Waals surface area contributed by atoms with Gasteiger partial charge in [0, 0.05) is 5.92 Å². The van der Waals surface area contributed by atoms with Crippen molar-refractivity contribution in [3.63, 3.8) is 0 Å². The first kappa shape index (κ1) is 20.0.